The summed E-state index contributed by atoms with van der Waals surface area (Å²) in [5, 5.41) is 42.7. The van der Waals surface area contributed by atoms with Crippen molar-refractivity contribution >= 4 is 5.97 Å². The molecular formula is C30H50O6. The Morgan fingerprint density at radius 3 is 2.44 bits per heavy atom. The third-order valence-corrected chi connectivity index (χ3v) is 10.7. The normalized spacial score (nSPS) is 44.4. The molecule has 0 bridgehead atoms. The molecule has 4 aliphatic carbocycles. The lowest BCUT2D eigenvalue weighted by molar-refractivity contribution is -0.167. The first-order valence-corrected chi connectivity index (χ1v) is 14.4. The molecule has 4 N–H and O–H groups in total. The summed E-state index contributed by atoms with van der Waals surface area (Å²) in [6.07, 6.45) is 9.63. The van der Waals surface area contributed by atoms with Crippen molar-refractivity contribution in [3.8, 4) is 0 Å². The maximum Gasteiger partial charge on any atom is 0.308 e. The van der Waals surface area contributed by atoms with Gasteiger partial charge in [-0.25, -0.2) is 0 Å². The van der Waals surface area contributed by atoms with Crippen LogP contribution in [0, 0.1) is 40.4 Å². The number of hydrogen-bond acceptors (Lipinski definition) is 6. The van der Waals surface area contributed by atoms with E-state index in [0.29, 0.717) is 23.7 Å². The predicted octanol–water partition coefficient (Wildman–Crippen LogP) is 4.38. The van der Waals surface area contributed by atoms with E-state index in [4.69, 9.17) is 4.74 Å². The van der Waals surface area contributed by atoms with Crippen molar-refractivity contribution in [1.82, 2.24) is 0 Å². The van der Waals surface area contributed by atoms with E-state index in [9.17, 15) is 25.2 Å². The Balaban J connectivity index is 1.39. The number of allylic oxidation sites excluding steroid dienone is 1. The topological polar surface area (TPSA) is 107 Å². The summed E-state index contributed by atoms with van der Waals surface area (Å²) < 4.78 is 5.27. The van der Waals surface area contributed by atoms with Gasteiger partial charge in [-0.1, -0.05) is 26.0 Å². The van der Waals surface area contributed by atoms with Crippen LogP contribution in [0.3, 0.4) is 0 Å². The van der Waals surface area contributed by atoms with E-state index in [2.05, 4.69) is 19.9 Å². The Labute approximate surface area is 217 Å². The molecule has 0 aromatic rings. The zero-order valence-electron chi connectivity index (χ0n) is 23.0. The number of aliphatic hydroxyl groups excluding tert-OH is 4. The molecule has 0 aromatic heterocycles. The molecular weight excluding hydrogens is 456 g/mol. The van der Waals surface area contributed by atoms with E-state index in [0.717, 1.165) is 38.5 Å². The van der Waals surface area contributed by atoms with Gasteiger partial charge in [0.1, 0.15) is 5.60 Å². The fourth-order valence-electron chi connectivity index (χ4n) is 8.84. The average molecular weight is 507 g/mol. The van der Waals surface area contributed by atoms with E-state index in [1.807, 2.05) is 0 Å². The van der Waals surface area contributed by atoms with Crippen molar-refractivity contribution in [2.45, 2.75) is 129 Å². The summed E-state index contributed by atoms with van der Waals surface area (Å²) in [5.74, 6) is 1.91. The summed E-state index contributed by atoms with van der Waals surface area (Å²) in [4.78, 5) is 12.0. The molecule has 4 aliphatic rings. The Kier molecular flexibility index (Phi) is 8.04. The van der Waals surface area contributed by atoms with Crippen molar-refractivity contribution in [3.63, 3.8) is 0 Å². The summed E-state index contributed by atoms with van der Waals surface area (Å²) in [7, 11) is 0. The Bertz CT molecular complexity index is 819. The predicted molar refractivity (Wildman–Crippen MR) is 139 cm³/mol. The van der Waals surface area contributed by atoms with Crippen LogP contribution < -0.4 is 0 Å². The summed E-state index contributed by atoms with van der Waals surface area (Å²) in [6.45, 7) is 10.1. The van der Waals surface area contributed by atoms with Crippen molar-refractivity contribution in [1.29, 1.82) is 0 Å². The van der Waals surface area contributed by atoms with E-state index < -0.39 is 23.8 Å². The zero-order chi connectivity index (χ0) is 26.5. The molecule has 0 saturated heterocycles. The molecule has 0 heterocycles. The number of carbonyl (C=O) groups is 1. The van der Waals surface area contributed by atoms with Crippen LogP contribution in [-0.4, -0.2) is 56.4 Å². The summed E-state index contributed by atoms with van der Waals surface area (Å²) >= 11 is 0. The van der Waals surface area contributed by atoms with Crippen LogP contribution >= 0.6 is 0 Å². The first-order chi connectivity index (χ1) is 16.7. The second-order valence-electron chi connectivity index (χ2n) is 14.0. The van der Waals surface area contributed by atoms with Gasteiger partial charge in [0, 0.05) is 11.8 Å². The molecule has 11 atom stereocenters. The van der Waals surface area contributed by atoms with Gasteiger partial charge in [0.05, 0.1) is 30.8 Å². The van der Waals surface area contributed by atoms with Gasteiger partial charge in [-0.2, -0.15) is 0 Å². The quantitative estimate of drug-likeness (QED) is 0.315. The number of carbonyl (C=O) groups excluding carboxylic acids is 1. The molecule has 4 saturated carbocycles. The monoisotopic (exact) mass is 506 g/mol. The SMILES string of the molecule is CC(C)(C)OC(=O)C[C@@H](O)C[C@@H](O)/C=C/C1CC[C@H]2[C@@H]3CC[C@@H]4C[C@H](O)CC[C@]4(C)[C@H]3C[C@H](O)[C@]12C. The van der Waals surface area contributed by atoms with Gasteiger partial charge >= 0.3 is 5.97 Å². The third-order valence-electron chi connectivity index (χ3n) is 10.7. The van der Waals surface area contributed by atoms with Gasteiger partial charge in [0.15, 0.2) is 0 Å². The second kappa shape index (κ2) is 10.3. The minimum absolute atomic E-state index is 0.0848. The number of rotatable bonds is 6. The average Bonchev–Trinajstić information content (AvgIpc) is 3.10. The number of esters is 1. The van der Waals surface area contributed by atoms with Gasteiger partial charge in [0.2, 0.25) is 0 Å². The maximum absolute atomic E-state index is 12.0. The van der Waals surface area contributed by atoms with Crippen LogP contribution in [0.1, 0.15) is 98.8 Å². The fraction of sp³-hybridized carbons (Fsp3) is 0.900. The van der Waals surface area contributed by atoms with Gasteiger partial charge in [-0.05, 0) is 107 Å². The van der Waals surface area contributed by atoms with Crippen LogP contribution in [0.15, 0.2) is 12.2 Å². The first kappa shape index (κ1) is 28.1. The van der Waals surface area contributed by atoms with Crippen LogP contribution in [0.4, 0.5) is 0 Å². The van der Waals surface area contributed by atoms with Gasteiger partial charge in [-0.15, -0.1) is 0 Å². The summed E-state index contributed by atoms with van der Waals surface area (Å²) in [5.41, 5.74) is -0.582. The van der Waals surface area contributed by atoms with Crippen molar-refractivity contribution in [2.75, 3.05) is 0 Å². The smallest absolute Gasteiger partial charge is 0.308 e. The molecule has 0 aromatic carbocycles. The maximum atomic E-state index is 12.0. The van der Waals surface area contributed by atoms with Crippen molar-refractivity contribution in [3.05, 3.63) is 12.2 Å². The van der Waals surface area contributed by atoms with Gasteiger partial charge in [-0.3, -0.25) is 4.79 Å². The van der Waals surface area contributed by atoms with E-state index >= 15 is 0 Å². The Morgan fingerprint density at radius 2 is 1.75 bits per heavy atom. The molecule has 4 rings (SSSR count). The zero-order valence-corrected chi connectivity index (χ0v) is 23.0. The largest absolute Gasteiger partial charge is 0.460 e. The molecule has 0 amide bonds. The fourth-order valence-corrected chi connectivity index (χ4v) is 8.84. The second-order valence-corrected chi connectivity index (χ2v) is 14.0. The molecule has 6 heteroatoms. The number of hydrogen-bond donors (Lipinski definition) is 4. The molecule has 0 spiro atoms. The molecule has 1 unspecified atom stereocenters. The summed E-state index contributed by atoms with van der Waals surface area (Å²) in [6, 6.07) is 0. The van der Waals surface area contributed by atoms with Crippen LogP contribution in [-0.2, 0) is 9.53 Å². The lowest BCUT2D eigenvalue weighted by Crippen LogP contribution is -2.58. The number of fused-ring (bicyclic) bond motifs is 5. The van der Waals surface area contributed by atoms with E-state index in [1.54, 1.807) is 26.8 Å². The molecule has 0 aliphatic heterocycles. The number of aliphatic hydroxyl groups is 4. The minimum Gasteiger partial charge on any atom is -0.460 e. The van der Waals surface area contributed by atoms with Crippen LogP contribution in [0.2, 0.25) is 0 Å². The first-order valence-electron chi connectivity index (χ1n) is 14.4. The highest BCUT2D eigenvalue weighted by Crippen LogP contribution is 2.67. The number of ether oxygens (including phenoxy) is 1. The van der Waals surface area contributed by atoms with Crippen molar-refractivity contribution in [2.24, 2.45) is 40.4 Å². The molecule has 6 nitrogen and oxygen atoms in total. The molecule has 206 valence electrons. The highest BCUT2D eigenvalue weighted by molar-refractivity contribution is 5.70. The highest BCUT2D eigenvalue weighted by Gasteiger charge is 2.62. The van der Waals surface area contributed by atoms with Gasteiger partial charge < -0.3 is 25.2 Å². The lowest BCUT2D eigenvalue weighted by atomic mass is 9.44. The molecule has 36 heavy (non-hydrogen) atoms. The lowest BCUT2D eigenvalue weighted by Gasteiger charge is -2.62. The van der Waals surface area contributed by atoms with Crippen molar-refractivity contribution < 1.29 is 30.0 Å². The highest BCUT2D eigenvalue weighted by atomic mass is 16.6. The van der Waals surface area contributed by atoms with E-state index in [1.165, 1.54) is 12.8 Å². The van der Waals surface area contributed by atoms with Gasteiger partial charge in [0.25, 0.3) is 0 Å². The third kappa shape index (κ3) is 5.43. The standard InChI is InChI=1S/C30H50O6/c1-28(2,3)36-27(35)16-22(33)15-20(31)9-6-18-8-11-24-23-10-7-19-14-21(32)12-13-29(19,4)25(23)17-26(34)30(18,24)5/h6,9,18-26,31-34H,7-8,10-17H2,1-5H3/b9-6+/t18?,19-,20+,21-,22+,23+,24+,25+,26+,29+,30-/m1/s1. The van der Waals surface area contributed by atoms with Crippen LogP contribution in [0.25, 0.3) is 0 Å². The minimum atomic E-state index is -0.961. The molecule has 4 fully saturated rings. The molecule has 0 radical (unpaired) electrons. The Morgan fingerprint density at radius 1 is 1.03 bits per heavy atom. The van der Waals surface area contributed by atoms with Crippen LogP contribution in [0.5, 0.6) is 0 Å². The van der Waals surface area contributed by atoms with E-state index in [-0.39, 0.29) is 41.8 Å². The Hall–Kier alpha value is -0.950.